The van der Waals surface area contributed by atoms with Crippen molar-refractivity contribution in [1.29, 1.82) is 0 Å². The number of esters is 1. The summed E-state index contributed by atoms with van der Waals surface area (Å²) in [6.07, 6.45) is 6.46. The van der Waals surface area contributed by atoms with Crippen LogP contribution < -0.4 is 0 Å². The number of hydrogen-bond acceptors (Lipinski definition) is 4. The van der Waals surface area contributed by atoms with Crippen LogP contribution in [0.4, 0.5) is 0 Å². The molecule has 0 amide bonds. The Kier molecular flexibility index (Phi) is 5.44. The molecule has 0 aromatic rings. The molecule has 1 fully saturated rings. The third kappa shape index (κ3) is 3.15. The molecule has 0 bridgehead atoms. The van der Waals surface area contributed by atoms with Gasteiger partial charge >= 0.3 is 5.97 Å². The zero-order valence-electron chi connectivity index (χ0n) is 12.9. The van der Waals surface area contributed by atoms with E-state index in [-0.39, 0.29) is 18.0 Å². The fourth-order valence-corrected chi connectivity index (χ4v) is 3.46. The second-order valence-electron chi connectivity index (χ2n) is 5.93. The maximum absolute atomic E-state index is 11.9. The number of carbonyl (C=O) groups excluding carboxylic acids is 1. The molecule has 0 radical (unpaired) electrons. The summed E-state index contributed by atoms with van der Waals surface area (Å²) < 4.78 is 5.14. The lowest BCUT2D eigenvalue weighted by molar-refractivity contribution is -0.148. The molecule has 4 heteroatoms. The van der Waals surface area contributed by atoms with Crippen molar-refractivity contribution >= 4 is 11.7 Å². The quantitative estimate of drug-likeness (QED) is 0.670. The number of fused-ring (bicyclic) bond motifs is 1. The van der Waals surface area contributed by atoms with Gasteiger partial charge < -0.3 is 9.57 Å². The lowest BCUT2D eigenvalue weighted by Crippen LogP contribution is -2.24. The Morgan fingerprint density at radius 2 is 2.20 bits per heavy atom. The summed E-state index contributed by atoms with van der Waals surface area (Å²) in [6, 6.07) is 0. The number of ether oxygens (including phenoxy) is 1. The normalized spacial score (nSPS) is 29.6. The SMILES string of the molecule is CCCCC(CC)C1=NOC2CC(C(=O)OCC)CC12. The Balaban J connectivity index is 1.96. The maximum atomic E-state index is 11.9. The van der Waals surface area contributed by atoms with E-state index in [4.69, 9.17) is 9.57 Å². The molecule has 4 nitrogen and oxygen atoms in total. The number of rotatable bonds is 7. The first-order chi connectivity index (χ1) is 9.71. The van der Waals surface area contributed by atoms with Crippen molar-refractivity contribution in [3.05, 3.63) is 0 Å². The number of nitrogens with zero attached hydrogens (tertiary/aromatic N) is 1. The third-order valence-corrected chi connectivity index (χ3v) is 4.61. The van der Waals surface area contributed by atoms with Gasteiger partial charge in [0.15, 0.2) is 0 Å². The monoisotopic (exact) mass is 281 g/mol. The van der Waals surface area contributed by atoms with Gasteiger partial charge in [-0.15, -0.1) is 0 Å². The summed E-state index contributed by atoms with van der Waals surface area (Å²) in [4.78, 5) is 17.5. The second kappa shape index (κ2) is 7.09. The van der Waals surface area contributed by atoms with Gasteiger partial charge in [0.05, 0.1) is 18.2 Å². The lowest BCUT2D eigenvalue weighted by atomic mass is 9.85. The summed E-state index contributed by atoms with van der Waals surface area (Å²) >= 11 is 0. The molecule has 20 heavy (non-hydrogen) atoms. The molecular weight excluding hydrogens is 254 g/mol. The van der Waals surface area contributed by atoms with E-state index < -0.39 is 0 Å². The molecule has 0 N–H and O–H groups in total. The van der Waals surface area contributed by atoms with Crippen LogP contribution in [-0.4, -0.2) is 24.4 Å². The van der Waals surface area contributed by atoms with Gasteiger partial charge in [-0.05, 0) is 26.2 Å². The van der Waals surface area contributed by atoms with Crippen molar-refractivity contribution in [1.82, 2.24) is 0 Å². The summed E-state index contributed by atoms with van der Waals surface area (Å²) in [6.45, 7) is 6.75. The molecular formula is C16H27NO3. The average molecular weight is 281 g/mol. The van der Waals surface area contributed by atoms with Gasteiger partial charge in [-0.1, -0.05) is 31.8 Å². The van der Waals surface area contributed by atoms with Crippen LogP contribution in [0.15, 0.2) is 5.16 Å². The van der Waals surface area contributed by atoms with E-state index in [0.29, 0.717) is 18.4 Å². The highest BCUT2D eigenvalue weighted by Gasteiger charge is 2.47. The molecule has 114 valence electrons. The predicted molar refractivity (Wildman–Crippen MR) is 78.5 cm³/mol. The van der Waals surface area contributed by atoms with Gasteiger partial charge in [-0.2, -0.15) is 0 Å². The number of hydrogen-bond donors (Lipinski definition) is 0. The van der Waals surface area contributed by atoms with Crippen molar-refractivity contribution in [2.75, 3.05) is 6.61 Å². The summed E-state index contributed by atoms with van der Waals surface area (Å²) in [5, 5.41) is 4.35. The molecule has 1 saturated carbocycles. The minimum absolute atomic E-state index is 0.000804. The summed E-state index contributed by atoms with van der Waals surface area (Å²) in [5.74, 6) is 0.794. The first-order valence-corrected chi connectivity index (χ1v) is 8.11. The van der Waals surface area contributed by atoms with Crippen molar-refractivity contribution in [2.45, 2.75) is 65.4 Å². The predicted octanol–water partition coefficient (Wildman–Crippen LogP) is 3.55. The molecule has 4 unspecified atom stereocenters. The Labute approximate surface area is 121 Å². The van der Waals surface area contributed by atoms with E-state index >= 15 is 0 Å². The molecule has 1 heterocycles. The Hall–Kier alpha value is -1.06. The minimum atomic E-state index is -0.0635. The van der Waals surface area contributed by atoms with E-state index in [1.54, 1.807) is 0 Å². The van der Waals surface area contributed by atoms with Crippen LogP contribution >= 0.6 is 0 Å². The van der Waals surface area contributed by atoms with E-state index in [0.717, 1.165) is 19.3 Å². The molecule has 0 aromatic heterocycles. The Bertz CT molecular complexity index is 367. The van der Waals surface area contributed by atoms with Crippen LogP contribution in [0.5, 0.6) is 0 Å². The first-order valence-electron chi connectivity index (χ1n) is 8.11. The highest BCUT2D eigenvalue weighted by Crippen LogP contribution is 2.41. The van der Waals surface area contributed by atoms with Crippen LogP contribution in [0.2, 0.25) is 0 Å². The van der Waals surface area contributed by atoms with E-state index in [1.165, 1.54) is 25.0 Å². The van der Waals surface area contributed by atoms with Gasteiger partial charge in [0.2, 0.25) is 0 Å². The zero-order valence-corrected chi connectivity index (χ0v) is 12.9. The Morgan fingerprint density at radius 1 is 1.40 bits per heavy atom. The highest BCUT2D eigenvalue weighted by molar-refractivity contribution is 5.91. The van der Waals surface area contributed by atoms with Crippen LogP contribution in [0.1, 0.15) is 59.3 Å². The number of unbranched alkanes of at least 4 members (excludes halogenated alkanes) is 1. The molecule has 1 aliphatic carbocycles. The molecule has 2 rings (SSSR count). The van der Waals surface area contributed by atoms with Crippen LogP contribution in [0, 0.1) is 17.8 Å². The molecule has 1 aliphatic heterocycles. The standard InChI is InChI=1S/C16H27NO3/c1-4-7-8-11(5-2)15-13-9-12(16(18)19-6-3)10-14(13)20-17-15/h11-14H,4-10H2,1-3H3. The van der Waals surface area contributed by atoms with Gasteiger partial charge in [-0.3, -0.25) is 4.79 Å². The smallest absolute Gasteiger partial charge is 0.309 e. The zero-order chi connectivity index (χ0) is 14.5. The van der Waals surface area contributed by atoms with Crippen LogP contribution in [0.3, 0.4) is 0 Å². The molecule has 0 saturated heterocycles. The van der Waals surface area contributed by atoms with Gasteiger partial charge in [0.25, 0.3) is 0 Å². The van der Waals surface area contributed by atoms with E-state index in [1.807, 2.05) is 6.92 Å². The largest absolute Gasteiger partial charge is 0.466 e. The lowest BCUT2D eigenvalue weighted by Gasteiger charge is -2.18. The minimum Gasteiger partial charge on any atom is -0.466 e. The summed E-state index contributed by atoms with van der Waals surface area (Å²) in [7, 11) is 0. The fourth-order valence-electron chi connectivity index (χ4n) is 3.46. The van der Waals surface area contributed by atoms with Gasteiger partial charge in [0, 0.05) is 18.3 Å². The molecule has 4 atom stereocenters. The molecule has 2 aliphatic rings. The van der Waals surface area contributed by atoms with Crippen molar-refractivity contribution in [2.24, 2.45) is 22.9 Å². The third-order valence-electron chi connectivity index (χ3n) is 4.61. The second-order valence-corrected chi connectivity index (χ2v) is 5.93. The Morgan fingerprint density at radius 3 is 2.85 bits per heavy atom. The van der Waals surface area contributed by atoms with Crippen LogP contribution in [-0.2, 0) is 14.4 Å². The number of oxime groups is 1. The average Bonchev–Trinajstić information content (AvgIpc) is 3.01. The number of carbonyl (C=O) groups is 1. The van der Waals surface area contributed by atoms with Crippen molar-refractivity contribution in [3.63, 3.8) is 0 Å². The highest BCUT2D eigenvalue weighted by atomic mass is 16.6. The van der Waals surface area contributed by atoms with Crippen LogP contribution in [0.25, 0.3) is 0 Å². The maximum Gasteiger partial charge on any atom is 0.309 e. The van der Waals surface area contributed by atoms with E-state index in [9.17, 15) is 4.79 Å². The fraction of sp³-hybridized carbons (Fsp3) is 0.875. The molecule has 0 spiro atoms. The van der Waals surface area contributed by atoms with Crippen molar-refractivity contribution < 1.29 is 14.4 Å². The van der Waals surface area contributed by atoms with Crippen molar-refractivity contribution in [3.8, 4) is 0 Å². The topological polar surface area (TPSA) is 47.9 Å². The van der Waals surface area contributed by atoms with Gasteiger partial charge in [0.1, 0.15) is 6.10 Å². The van der Waals surface area contributed by atoms with E-state index in [2.05, 4.69) is 19.0 Å². The first kappa shape index (κ1) is 15.3. The van der Waals surface area contributed by atoms with Gasteiger partial charge in [-0.25, -0.2) is 0 Å². The molecule has 0 aromatic carbocycles. The summed E-state index contributed by atoms with van der Waals surface area (Å²) in [5.41, 5.74) is 1.21.